The van der Waals surface area contributed by atoms with Crippen LogP contribution >= 0.6 is 11.3 Å². The lowest BCUT2D eigenvalue weighted by Gasteiger charge is -2.13. The number of rotatable bonds is 8. The fraction of sp³-hybridized carbons (Fsp3) is 0.250. The second kappa shape index (κ2) is 9.86. The van der Waals surface area contributed by atoms with Crippen LogP contribution in [0.3, 0.4) is 0 Å². The third-order valence-electron chi connectivity index (χ3n) is 5.24. The highest BCUT2D eigenvalue weighted by Crippen LogP contribution is 2.35. The van der Waals surface area contributed by atoms with Crippen LogP contribution in [0.2, 0.25) is 0 Å². The Balaban J connectivity index is 1.44. The van der Waals surface area contributed by atoms with Crippen LogP contribution in [-0.2, 0) is 19.0 Å². The third-order valence-corrected chi connectivity index (χ3v) is 6.35. The molecule has 2 heterocycles. The SMILES string of the molecule is N[C@@H](CNc1nc(CCO)c(-c2ccc3cnccc3c2)s1)Cc1ccc(C(F)(F)F)cc1. The molecule has 0 aliphatic carbocycles. The van der Waals surface area contributed by atoms with Crippen LogP contribution in [0, 0.1) is 0 Å². The van der Waals surface area contributed by atoms with Crippen LogP contribution in [0.5, 0.6) is 0 Å². The number of alkyl halides is 3. The van der Waals surface area contributed by atoms with Crippen LogP contribution in [0.15, 0.2) is 60.9 Å². The molecule has 0 radical (unpaired) electrons. The summed E-state index contributed by atoms with van der Waals surface area (Å²) in [5, 5.41) is 15.5. The maximum Gasteiger partial charge on any atom is 0.416 e. The molecule has 0 saturated carbocycles. The van der Waals surface area contributed by atoms with Crippen molar-refractivity contribution in [3.63, 3.8) is 0 Å². The first-order chi connectivity index (χ1) is 15.8. The van der Waals surface area contributed by atoms with E-state index < -0.39 is 11.7 Å². The number of halogens is 3. The number of anilines is 1. The van der Waals surface area contributed by atoms with Crippen molar-refractivity contribution in [1.29, 1.82) is 0 Å². The number of aromatic nitrogens is 2. The quantitative estimate of drug-likeness (QED) is 0.340. The predicted molar refractivity (Wildman–Crippen MR) is 125 cm³/mol. The molecular weight excluding hydrogens is 449 g/mol. The molecule has 4 aromatic rings. The second-order valence-corrected chi connectivity index (χ2v) is 8.74. The van der Waals surface area contributed by atoms with Crippen molar-refractivity contribution < 1.29 is 18.3 Å². The van der Waals surface area contributed by atoms with Crippen molar-refractivity contribution in [3.05, 3.63) is 77.7 Å². The number of benzene rings is 2. The van der Waals surface area contributed by atoms with E-state index in [-0.39, 0.29) is 12.6 Å². The molecule has 9 heteroatoms. The monoisotopic (exact) mass is 472 g/mol. The fourth-order valence-corrected chi connectivity index (χ4v) is 4.59. The van der Waals surface area contributed by atoms with Crippen LogP contribution in [-0.4, -0.2) is 34.3 Å². The molecule has 2 aromatic carbocycles. The highest BCUT2D eigenvalue weighted by atomic mass is 32.1. The maximum atomic E-state index is 12.7. The van der Waals surface area contributed by atoms with Gasteiger partial charge in [0.15, 0.2) is 5.13 Å². The number of aliphatic hydroxyl groups is 1. The lowest BCUT2D eigenvalue weighted by atomic mass is 10.0. The Labute approximate surface area is 193 Å². The highest BCUT2D eigenvalue weighted by molar-refractivity contribution is 7.19. The van der Waals surface area contributed by atoms with Gasteiger partial charge in [-0.05, 0) is 47.2 Å². The Hall–Kier alpha value is -3.01. The van der Waals surface area contributed by atoms with E-state index in [9.17, 15) is 18.3 Å². The van der Waals surface area contributed by atoms with E-state index in [2.05, 4.69) is 21.4 Å². The van der Waals surface area contributed by atoms with Gasteiger partial charge in [-0.2, -0.15) is 13.2 Å². The number of hydrogen-bond acceptors (Lipinski definition) is 6. The maximum absolute atomic E-state index is 12.7. The van der Waals surface area contributed by atoms with Crippen LogP contribution in [0.25, 0.3) is 21.2 Å². The molecule has 5 nitrogen and oxygen atoms in total. The molecule has 4 rings (SSSR count). The summed E-state index contributed by atoms with van der Waals surface area (Å²) in [7, 11) is 0. The molecular formula is C24H23F3N4OS. The van der Waals surface area contributed by atoms with Crippen molar-refractivity contribution in [2.75, 3.05) is 18.5 Å². The van der Waals surface area contributed by atoms with E-state index >= 15 is 0 Å². The number of nitrogens with one attached hydrogen (secondary N) is 1. The van der Waals surface area contributed by atoms with Crippen molar-refractivity contribution >= 4 is 27.2 Å². The zero-order valence-electron chi connectivity index (χ0n) is 17.6. The number of nitrogens with zero attached hydrogens (tertiary/aromatic N) is 2. The summed E-state index contributed by atoms with van der Waals surface area (Å²) >= 11 is 1.48. The Bertz CT molecular complexity index is 1220. The van der Waals surface area contributed by atoms with Gasteiger partial charge in [-0.1, -0.05) is 35.6 Å². The van der Waals surface area contributed by atoms with Gasteiger partial charge in [0.2, 0.25) is 0 Å². The standard InChI is InChI=1S/C24H23F3N4OS/c25-24(26,27)19-5-1-15(2-6-19)11-20(28)14-30-23-31-21(8-10-32)22(33-23)17-3-4-18-13-29-9-7-16(18)12-17/h1-7,9,12-13,20,32H,8,10-11,14,28H2,(H,30,31)/t20-/m1/s1. The Morgan fingerprint density at radius 1 is 1.06 bits per heavy atom. The third kappa shape index (κ3) is 5.68. The van der Waals surface area contributed by atoms with Crippen LogP contribution in [0.4, 0.5) is 18.3 Å². The normalized spacial score (nSPS) is 12.8. The second-order valence-electron chi connectivity index (χ2n) is 7.75. The molecule has 0 saturated heterocycles. The van der Waals surface area contributed by atoms with Gasteiger partial charge < -0.3 is 16.2 Å². The molecule has 0 spiro atoms. The number of thiazole rings is 1. The first kappa shape index (κ1) is 23.2. The van der Waals surface area contributed by atoms with Crippen molar-refractivity contribution in [2.24, 2.45) is 5.73 Å². The van der Waals surface area contributed by atoms with E-state index in [4.69, 9.17) is 5.73 Å². The Kier molecular flexibility index (Phi) is 6.92. The summed E-state index contributed by atoms with van der Waals surface area (Å²) in [6.07, 6.45) is 0.0773. The first-order valence-corrected chi connectivity index (χ1v) is 11.3. The summed E-state index contributed by atoms with van der Waals surface area (Å²) in [6.45, 7) is 0.400. The zero-order chi connectivity index (χ0) is 23.4. The lowest BCUT2D eigenvalue weighted by molar-refractivity contribution is -0.137. The number of aliphatic hydroxyl groups excluding tert-OH is 1. The Morgan fingerprint density at radius 2 is 1.85 bits per heavy atom. The van der Waals surface area contributed by atoms with Gasteiger partial charge in [-0.25, -0.2) is 4.98 Å². The minimum Gasteiger partial charge on any atom is -0.396 e. The van der Waals surface area contributed by atoms with Crippen molar-refractivity contribution in [1.82, 2.24) is 9.97 Å². The highest BCUT2D eigenvalue weighted by Gasteiger charge is 2.29. The molecule has 0 bridgehead atoms. The minimum atomic E-state index is -4.35. The van der Waals surface area contributed by atoms with Crippen LogP contribution in [0.1, 0.15) is 16.8 Å². The molecule has 0 fully saturated rings. The summed E-state index contributed by atoms with van der Waals surface area (Å²) in [6, 6.07) is 12.8. The van der Waals surface area contributed by atoms with Gasteiger partial charge in [-0.15, -0.1) is 0 Å². The number of pyridine rings is 1. The van der Waals surface area contributed by atoms with E-state index in [1.54, 1.807) is 6.20 Å². The zero-order valence-corrected chi connectivity index (χ0v) is 18.5. The van der Waals surface area contributed by atoms with E-state index in [1.165, 1.54) is 23.5 Å². The summed E-state index contributed by atoms with van der Waals surface area (Å²) in [5.74, 6) is 0. The molecule has 0 unspecified atom stereocenters. The van der Waals surface area contributed by atoms with Gasteiger partial charge in [0.25, 0.3) is 0 Å². The minimum absolute atomic E-state index is 0.0128. The van der Waals surface area contributed by atoms with Crippen LogP contribution < -0.4 is 11.1 Å². The molecule has 0 aliphatic heterocycles. The molecule has 2 aromatic heterocycles. The van der Waals surface area contributed by atoms with Gasteiger partial charge in [0.1, 0.15) is 0 Å². The van der Waals surface area contributed by atoms with Gasteiger partial charge in [0.05, 0.1) is 16.1 Å². The van der Waals surface area contributed by atoms with Crippen molar-refractivity contribution in [2.45, 2.75) is 25.1 Å². The average molecular weight is 473 g/mol. The van der Waals surface area contributed by atoms with Gasteiger partial charge in [-0.3, -0.25) is 4.98 Å². The molecule has 0 amide bonds. The van der Waals surface area contributed by atoms with Gasteiger partial charge >= 0.3 is 6.18 Å². The summed E-state index contributed by atoms with van der Waals surface area (Å²) in [5.41, 5.74) is 8.08. The summed E-state index contributed by atoms with van der Waals surface area (Å²) < 4.78 is 38.2. The van der Waals surface area contributed by atoms with E-state index in [1.807, 2.05) is 24.4 Å². The topological polar surface area (TPSA) is 84.1 Å². The molecule has 1 atom stereocenters. The average Bonchev–Trinajstić information content (AvgIpc) is 3.20. The predicted octanol–water partition coefficient (Wildman–Crippen LogP) is 4.89. The summed E-state index contributed by atoms with van der Waals surface area (Å²) in [4.78, 5) is 9.74. The lowest BCUT2D eigenvalue weighted by Crippen LogP contribution is -2.31. The molecule has 0 aliphatic rings. The fourth-order valence-electron chi connectivity index (χ4n) is 3.58. The number of fused-ring (bicyclic) bond motifs is 1. The molecule has 172 valence electrons. The van der Waals surface area contributed by atoms with Crippen molar-refractivity contribution in [3.8, 4) is 10.4 Å². The first-order valence-electron chi connectivity index (χ1n) is 10.4. The molecule has 33 heavy (non-hydrogen) atoms. The van der Waals surface area contributed by atoms with E-state index in [0.29, 0.717) is 24.5 Å². The largest absolute Gasteiger partial charge is 0.416 e. The number of hydrogen-bond donors (Lipinski definition) is 3. The Morgan fingerprint density at radius 3 is 2.58 bits per heavy atom. The molecule has 4 N–H and O–H groups in total. The van der Waals surface area contributed by atoms with Gasteiger partial charge in [0, 0.05) is 43.4 Å². The smallest absolute Gasteiger partial charge is 0.396 e. The number of nitrogens with two attached hydrogens (primary N) is 1. The van der Waals surface area contributed by atoms with E-state index in [0.717, 1.165) is 44.6 Å².